The van der Waals surface area contributed by atoms with Crippen LogP contribution in [0, 0.1) is 25.5 Å². The maximum atomic E-state index is 13.8. The number of carbonyl (C=O) groups is 1. The fourth-order valence-corrected chi connectivity index (χ4v) is 3.50. The van der Waals surface area contributed by atoms with Crippen LogP contribution in [-0.2, 0) is 0 Å². The summed E-state index contributed by atoms with van der Waals surface area (Å²) in [6.07, 6.45) is 0. The highest BCUT2D eigenvalue weighted by Crippen LogP contribution is 2.22. The van der Waals surface area contributed by atoms with E-state index in [1.54, 1.807) is 0 Å². The number of benzene rings is 2. The molecule has 2 amide bonds. The molecule has 1 saturated heterocycles. The number of anilines is 4. The molecule has 0 spiro atoms. The second-order valence-corrected chi connectivity index (χ2v) is 7.65. The van der Waals surface area contributed by atoms with Crippen LogP contribution in [0.1, 0.15) is 11.4 Å². The molecule has 32 heavy (non-hydrogen) atoms. The van der Waals surface area contributed by atoms with Crippen molar-refractivity contribution in [2.75, 3.05) is 41.7 Å². The zero-order valence-electron chi connectivity index (χ0n) is 17.9. The van der Waals surface area contributed by atoms with E-state index in [0.717, 1.165) is 23.6 Å². The van der Waals surface area contributed by atoms with Gasteiger partial charge in [0.05, 0.1) is 0 Å². The Balaban J connectivity index is 1.40. The van der Waals surface area contributed by atoms with Gasteiger partial charge in [0.15, 0.2) is 0 Å². The van der Waals surface area contributed by atoms with Crippen LogP contribution in [-0.4, -0.2) is 47.1 Å². The Labute approximate surface area is 185 Å². The maximum Gasteiger partial charge on any atom is 0.322 e. The Kier molecular flexibility index (Phi) is 6.16. The molecule has 0 saturated carbocycles. The molecule has 9 heteroatoms. The van der Waals surface area contributed by atoms with E-state index >= 15 is 0 Å². The second kappa shape index (κ2) is 9.17. The van der Waals surface area contributed by atoms with Gasteiger partial charge in [0.25, 0.3) is 0 Å². The molecule has 166 valence electrons. The van der Waals surface area contributed by atoms with Gasteiger partial charge < -0.3 is 20.4 Å². The minimum absolute atomic E-state index is 0.395. The molecule has 0 aliphatic carbocycles. The SMILES string of the molecule is Cc1ccc(Nc2cc(N3CCN(C(=O)Nc4c(F)cccc4F)CC3)nc(C)n2)cc1. The number of urea groups is 1. The number of amides is 2. The molecule has 1 aromatic heterocycles. The number of nitrogens with one attached hydrogen (secondary N) is 2. The molecule has 1 fully saturated rings. The van der Waals surface area contributed by atoms with Crippen LogP contribution in [0.15, 0.2) is 48.5 Å². The molecule has 1 aliphatic rings. The van der Waals surface area contributed by atoms with Crippen LogP contribution in [0.2, 0.25) is 0 Å². The van der Waals surface area contributed by atoms with Crippen LogP contribution < -0.4 is 15.5 Å². The number of piperazine rings is 1. The van der Waals surface area contributed by atoms with E-state index in [0.29, 0.717) is 37.8 Å². The van der Waals surface area contributed by atoms with Crippen molar-refractivity contribution in [1.82, 2.24) is 14.9 Å². The molecule has 2 heterocycles. The van der Waals surface area contributed by atoms with E-state index < -0.39 is 23.4 Å². The molecule has 0 bridgehead atoms. The molecule has 0 atom stereocenters. The number of hydrogen-bond acceptors (Lipinski definition) is 5. The minimum Gasteiger partial charge on any atom is -0.353 e. The Morgan fingerprint density at radius 2 is 1.59 bits per heavy atom. The number of carbonyl (C=O) groups excluding carboxylic acids is 1. The van der Waals surface area contributed by atoms with E-state index in [9.17, 15) is 13.6 Å². The zero-order chi connectivity index (χ0) is 22.7. The highest BCUT2D eigenvalue weighted by Gasteiger charge is 2.24. The summed E-state index contributed by atoms with van der Waals surface area (Å²) in [5, 5.41) is 5.63. The van der Waals surface area contributed by atoms with Crippen molar-refractivity contribution in [1.29, 1.82) is 0 Å². The summed E-state index contributed by atoms with van der Waals surface area (Å²) in [6, 6.07) is 12.8. The number of para-hydroxylation sites is 1. The highest BCUT2D eigenvalue weighted by molar-refractivity contribution is 5.89. The van der Waals surface area contributed by atoms with Crippen LogP contribution >= 0.6 is 0 Å². The Bertz CT molecular complexity index is 1090. The molecule has 2 N–H and O–H groups in total. The first kappa shape index (κ1) is 21.5. The summed E-state index contributed by atoms with van der Waals surface area (Å²) in [6.45, 7) is 5.72. The Hall–Kier alpha value is -3.75. The third kappa shape index (κ3) is 4.93. The Morgan fingerprint density at radius 1 is 0.938 bits per heavy atom. The predicted octanol–water partition coefficient (Wildman–Crippen LogP) is 4.47. The fourth-order valence-electron chi connectivity index (χ4n) is 3.50. The summed E-state index contributed by atoms with van der Waals surface area (Å²) in [5.41, 5.74) is 1.68. The molecule has 4 rings (SSSR count). The topological polar surface area (TPSA) is 73.4 Å². The number of aryl methyl sites for hydroxylation is 2. The van der Waals surface area contributed by atoms with E-state index in [4.69, 9.17) is 0 Å². The van der Waals surface area contributed by atoms with Gasteiger partial charge in [0.1, 0.15) is 34.8 Å². The monoisotopic (exact) mass is 438 g/mol. The molecule has 0 unspecified atom stereocenters. The lowest BCUT2D eigenvalue weighted by Crippen LogP contribution is -2.50. The van der Waals surface area contributed by atoms with Crippen molar-refractivity contribution in [3.63, 3.8) is 0 Å². The summed E-state index contributed by atoms with van der Waals surface area (Å²) < 4.78 is 27.6. The zero-order valence-corrected chi connectivity index (χ0v) is 17.9. The van der Waals surface area contributed by atoms with Crippen molar-refractivity contribution in [3.8, 4) is 0 Å². The largest absolute Gasteiger partial charge is 0.353 e. The number of nitrogens with zero attached hydrogens (tertiary/aromatic N) is 4. The van der Waals surface area contributed by atoms with Gasteiger partial charge >= 0.3 is 6.03 Å². The van der Waals surface area contributed by atoms with Crippen molar-refractivity contribution in [2.45, 2.75) is 13.8 Å². The van der Waals surface area contributed by atoms with Gasteiger partial charge in [0.2, 0.25) is 0 Å². The highest BCUT2D eigenvalue weighted by atomic mass is 19.1. The lowest BCUT2D eigenvalue weighted by atomic mass is 10.2. The second-order valence-electron chi connectivity index (χ2n) is 7.65. The van der Waals surface area contributed by atoms with Gasteiger partial charge in [0, 0.05) is 37.9 Å². The smallest absolute Gasteiger partial charge is 0.322 e. The van der Waals surface area contributed by atoms with Crippen molar-refractivity contribution in [2.24, 2.45) is 0 Å². The van der Waals surface area contributed by atoms with Crippen LogP contribution in [0.5, 0.6) is 0 Å². The summed E-state index contributed by atoms with van der Waals surface area (Å²) >= 11 is 0. The normalized spacial score (nSPS) is 13.8. The standard InChI is InChI=1S/C23H24F2N6O/c1-15-6-8-17(9-7-15)28-20-14-21(27-16(2)26-20)30-10-12-31(13-11-30)23(32)29-22-18(24)4-3-5-19(22)25/h3-9,14H,10-13H2,1-2H3,(H,29,32)(H,26,27,28). The van der Waals surface area contributed by atoms with Crippen molar-refractivity contribution >= 4 is 29.0 Å². The van der Waals surface area contributed by atoms with Gasteiger partial charge in [-0.25, -0.2) is 23.5 Å². The minimum atomic E-state index is -0.804. The first-order valence-corrected chi connectivity index (χ1v) is 10.3. The quantitative estimate of drug-likeness (QED) is 0.629. The number of hydrogen-bond donors (Lipinski definition) is 2. The molecular weight excluding hydrogens is 414 g/mol. The van der Waals surface area contributed by atoms with Crippen LogP contribution in [0.4, 0.5) is 36.6 Å². The molecule has 0 radical (unpaired) electrons. The third-order valence-corrected chi connectivity index (χ3v) is 5.23. The molecule has 1 aliphatic heterocycles. The fraction of sp³-hybridized carbons (Fsp3) is 0.261. The molecule has 2 aromatic carbocycles. The van der Waals surface area contributed by atoms with E-state index in [2.05, 4.69) is 25.5 Å². The Morgan fingerprint density at radius 3 is 2.25 bits per heavy atom. The first-order valence-electron chi connectivity index (χ1n) is 10.3. The average molecular weight is 438 g/mol. The van der Waals surface area contributed by atoms with Crippen LogP contribution in [0.3, 0.4) is 0 Å². The van der Waals surface area contributed by atoms with E-state index in [-0.39, 0.29) is 0 Å². The maximum absolute atomic E-state index is 13.8. The summed E-state index contributed by atoms with van der Waals surface area (Å²) in [4.78, 5) is 25.1. The van der Waals surface area contributed by atoms with Gasteiger partial charge in [-0.1, -0.05) is 23.8 Å². The van der Waals surface area contributed by atoms with Crippen molar-refractivity contribution < 1.29 is 13.6 Å². The van der Waals surface area contributed by atoms with Gasteiger partial charge in [-0.05, 0) is 38.1 Å². The summed E-state index contributed by atoms with van der Waals surface area (Å²) in [5.74, 6) is 0.468. The number of aromatic nitrogens is 2. The third-order valence-electron chi connectivity index (χ3n) is 5.23. The predicted molar refractivity (Wildman–Crippen MR) is 120 cm³/mol. The first-order chi connectivity index (χ1) is 15.4. The molecular formula is C23H24F2N6O. The molecule has 7 nitrogen and oxygen atoms in total. The summed E-state index contributed by atoms with van der Waals surface area (Å²) in [7, 11) is 0. The van der Waals surface area contributed by atoms with E-state index in [1.807, 2.05) is 44.2 Å². The van der Waals surface area contributed by atoms with Gasteiger partial charge in [-0.2, -0.15) is 0 Å². The average Bonchev–Trinajstić information content (AvgIpc) is 2.77. The van der Waals surface area contributed by atoms with Crippen LogP contribution in [0.25, 0.3) is 0 Å². The number of rotatable bonds is 4. The van der Waals surface area contributed by atoms with Gasteiger partial charge in [-0.15, -0.1) is 0 Å². The van der Waals surface area contributed by atoms with Crippen molar-refractivity contribution in [3.05, 3.63) is 71.6 Å². The lowest BCUT2D eigenvalue weighted by Gasteiger charge is -2.35. The number of halogens is 2. The van der Waals surface area contributed by atoms with E-state index in [1.165, 1.54) is 16.5 Å². The lowest BCUT2D eigenvalue weighted by molar-refractivity contribution is 0.208. The van der Waals surface area contributed by atoms with Gasteiger partial charge in [-0.3, -0.25) is 0 Å². The molecule has 3 aromatic rings.